The van der Waals surface area contributed by atoms with Gasteiger partial charge < -0.3 is 9.84 Å². The minimum Gasteiger partial charge on any atom is -0.406 e. The van der Waals surface area contributed by atoms with E-state index in [1.54, 1.807) is 6.07 Å². The lowest BCUT2D eigenvalue weighted by molar-refractivity contribution is -0.274. The van der Waals surface area contributed by atoms with Crippen LogP contribution < -0.4 is 4.74 Å². The third-order valence-electron chi connectivity index (χ3n) is 2.40. The van der Waals surface area contributed by atoms with Crippen LogP contribution in [0.25, 0.3) is 0 Å². The minimum absolute atomic E-state index is 0.276. The standard InChI is InChI=1S/C10H9F3O2/c11-10(12,13)15-7-3-1-6-2-4-9(14)8(6)5-7/h1,3,5,9,14H,2,4H2. The molecule has 0 aliphatic heterocycles. The van der Waals surface area contributed by atoms with Crippen molar-refractivity contribution in [3.63, 3.8) is 0 Å². The molecule has 0 fully saturated rings. The summed E-state index contributed by atoms with van der Waals surface area (Å²) in [5.74, 6) is -0.276. The van der Waals surface area contributed by atoms with Gasteiger partial charge in [-0.25, -0.2) is 0 Å². The summed E-state index contributed by atoms with van der Waals surface area (Å²) in [5, 5.41) is 9.47. The van der Waals surface area contributed by atoms with E-state index >= 15 is 0 Å². The van der Waals surface area contributed by atoms with Crippen LogP contribution in [-0.2, 0) is 6.42 Å². The van der Waals surface area contributed by atoms with Crippen LogP contribution in [0.15, 0.2) is 18.2 Å². The molecule has 0 amide bonds. The number of aryl methyl sites for hydroxylation is 1. The van der Waals surface area contributed by atoms with Crippen molar-refractivity contribution in [3.05, 3.63) is 29.3 Å². The first-order valence-corrected chi connectivity index (χ1v) is 4.52. The van der Waals surface area contributed by atoms with Gasteiger partial charge >= 0.3 is 6.36 Å². The van der Waals surface area contributed by atoms with Crippen LogP contribution in [0.1, 0.15) is 23.7 Å². The number of fused-ring (bicyclic) bond motifs is 1. The van der Waals surface area contributed by atoms with Crippen molar-refractivity contribution in [2.75, 3.05) is 0 Å². The molecule has 1 aliphatic rings. The Morgan fingerprint density at radius 1 is 1.33 bits per heavy atom. The number of alkyl halides is 3. The molecule has 5 heteroatoms. The van der Waals surface area contributed by atoms with E-state index in [1.807, 2.05) is 0 Å². The number of hydrogen-bond donors (Lipinski definition) is 1. The second kappa shape index (κ2) is 3.41. The van der Waals surface area contributed by atoms with Gasteiger partial charge in [0.1, 0.15) is 5.75 Å². The molecule has 2 rings (SSSR count). The Balaban J connectivity index is 2.26. The fraction of sp³-hybridized carbons (Fsp3) is 0.400. The molecule has 1 aromatic carbocycles. The van der Waals surface area contributed by atoms with E-state index in [0.717, 1.165) is 5.56 Å². The summed E-state index contributed by atoms with van der Waals surface area (Å²) >= 11 is 0. The smallest absolute Gasteiger partial charge is 0.406 e. The van der Waals surface area contributed by atoms with Crippen molar-refractivity contribution in [3.8, 4) is 5.75 Å². The van der Waals surface area contributed by atoms with E-state index < -0.39 is 12.5 Å². The molecule has 1 aliphatic carbocycles. The van der Waals surface area contributed by atoms with E-state index in [9.17, 15) is 18.3 Å². The Morgan fingerprint density at radius 2 is 2.07 bits per heavy atom. The molecule has 0 saturated carbocycles. The highest BCUT2D eigenvalue weighted by Crippen LogP contribution is 2.34. The second-order valence-electron chi connectivity index (χ2n) is 3.46. The van der Waals surface area contributed by atoms with Crippen LogP contribution in [0.4, 0.5) is 13.2 Å². The van der Waals surface area contributed by atoms with Gasteiger partial charge in [0, 0.05) is 0 Å². The van der Waals surface area contributed by atoms with Gasteiger partial charge in [-0.05, 0) is 36.1 Å². The summed E-state index contributed by atoms with van der Waals surface area (Å²) in [4.78, 5) is 0. The average Bonchev–Trinajstić information content (AvgIpc) is 2.45. The maximum absolute atomic E-state index is 11.9. The lowest BCUT2D eigenvalue weighted by Gasteiger charge is -2.11. The van der Waals surface area contributed by atoms with Crippen molar-refractivity contribution >= 4 is 0 Å². The zero-order valence-corrected chi connectivity index (χ0v) is 7.71. The Hall–Kier alpha value is -1.23. The van der Waals surface area contributed by atoms with Gasteiger partial charge in [0.2, 0.25) is 0 Å². The van der Waals surface area contributed by atoms with Gasteiger partial charge in [0.25, 0.3) is 0 Å². The Kier molecular flexibility index (Phi) is 2.34. The van der Waals surface area contributed by atoms with E-state index in [0.29, 0.717) is 18.4 Å². The third kappa shape index (κ3) is 2.23. The molecule has 82 valence electrons. The third-order valence-corrected chi connectivity index (χ3v) is 2.40. The summed E-state index contributed by atoms with van der Waals surface area (Å²) in [6.45, 7) is 0. The Morgan fingerprint density at radius 3 is 2.73 bits per heavy atom. The van der Waals surface area contributed by atoms with Crippen molar-refractivity contribution in [2.24, 2.45) is 0 Å². The van der Waals surface area contributed by atoms with E-state index in [4.69, 9.17) is 0 Å². The molecule has 0 radical (unpaired) electrons. The largest absolute Gasteiger partial charge is 0.573 e. The van der Waals surface area contributed by atoms with Crippen LogP contribution in [0.5, 0.6) is 5.75 Å². The quantitative estimate of drug-likeness (QED) is 0.784. The zero-order valence-electron chi connectivity index (χ0n) is 7.71. The van der Waals surface area contributed by atoms with Crippen molar-refractivity contribution in [1.82, 2.24) is 0 Å². The first kappa shape index (κ1) is 10.3. The Bertz CT molecular complexity index is 373. The van der Waals surface area contributed by atoms with Crippen LogP contribution in [0.2, 0.25) is 0 Å². The minimum atomic E-state index is -4.68. The number of rotatable bonds is 1. The molecule has 0 bridgehead atoms. The van der Waals surface area contributed by atoms with Gasteiger partial charge in [-0.2, -0.15) is 0 Å². The van der Waals surface area contributed by atoms with E-state index in [-0.39, 0.29) is 5.75 Å². The van der Waals surface area contributed by atoms with Crippen LogP contribution in [-0.4, -0.2) is 11.5 Å². The number of benzene rings is 1. The van der Waals surface area contributed by atoms with Gasteiger partial charge in [-0.15, -0.1) is 13.2 Å². The van der Waals surface area contributed by atoms with Gasteiger partial charge in [-0.3, -0.25) is 0 Å². The molecular weight excluding hydrogens is 209 g/mol. The SMILES string of the molecule is OC1CCc2ccc(OC(F)(F)F)cc21. The fourth-order valence-corrected chi connectivity index (χ4v) is 1.76. The lowest BCUT2D eigenvalue weighted by atomic mass is 10.1. The summed E-state index contributed by atoms with van der Waals surface area (Å²) < 4.78 is 39.5. The number of hydrogen-bond acceptors (Lipinski definition) is 2. The first-order chi connectivity index (χ1) is 6.96. The van der Waals surface area contributed by atoms with Crippen LogP contribution in [0, 0.1) is 0 Å². The van der Waals surface area contributed by atoms with E-state index in [1.165, 1.54) is 12.1 Å². The molecule has 1 atom stereocenters. The summed E-state index contributed by atoms with van der Waals surface area (Å²) in [6.07, 6.45) is -4.09. The second-order valence-corrected chi connectivity index (χ2v) is 3.46. The maximum atomic E-state index is 11.9. The monoisotopic (exact) mass is 218 g/mol. The summed E-state index contributed by atoms with van der Waals surface area (Å²) in [7, 11) is 0. The van der Waals surface area contributed by atoms with Gasteiger partial charge in [0.15, 0.2) is 0 Å². The number of ether oxygens (including phenoxy) is 1. The molecule has 0 heterocycles. The number of aliphatic hydroxyl groups excluding tert-OH is 1. The first-order valence-electron chi connectivity index (χ1n) is 4.52. The van der Waals surface area contributed by atoms with Crippen LogP contribution >= 0.6 is 0 Å². The Labute approximate surface area is 84.3 Å². The molecule has 1 N–H and O–H groups in total. The molecule has 0 aromatic heterocycles. The molecule has 2 nitrogen and oxygen atoms in total. The van der Waals surface area contributed by atoms with E-state index in [2.05, 4.69) is 4.74 Å². The highest BCUT2D eigenvalue weighted by atomic mass is 19.4. The average molecular weight is 218 g/mol. The summed E-state index contributed by atoms with van der Waals surface area (Å²) in [6, 6.07) is 4.08. The zero-order chi connectivity index (χ0) is 11.1. The predicted molar refractivity (Wildman–Crippen MR) is 46.4 cm³/mol. The van der Waals surface area contributed by atoms with Crippen molar-refractivity contribution in [1.29, 1.82) is 0 Å². The highest BCUT2D eigenvalue weighted by Gasteiger charge is 2.32. The highest BCUT2D eigenvalue weighted by molar-refractivity contribution is 5.39. The number of halogens is 3. The molecule has 1 aromatic rings. The molecule has 1 unspecified atom stereocenters. The number of aliphatic hydroxyl groups is 1. The molecule has 0 spiro atoms. The fourth-order valence-electron chi connectivity index (χ4n) is 1.76. The van der Waals surface area contributed by atoms with Gasteiger partial charge in [-0.1, -0.05) is 6.07 Å². The molecule has 0 saturated heterocycles. The normalized spacial score (nSPS) is 20.1. The lowest BCUT2D eigenvalue weighted by Crippen LogP contribution is -2.17. The van der Waals surface area contributed by atoms with Crippen LogP contribution in [0.3, 0.4) is 0 Å². The molecular formula is C10H9F3O2. The van der Waals surface area contributed by atoms with Gasteiger partial charge in [0.05, 0.1) is 6.10 Å². The van der Waals surface area contributed by atoms with Crippen molar-refractivity contribution in [2.45, 2.75) is 25.3 Å². The maximum Gasteiger partial charge on any atom is 0.573 e. The molecule has 15 heavy (non-hydrogen) atoms. The summed E-state index contributed by atoms with van der Waals surface area (Å²) in [5.41, 5.74) is 1.42. The van der Waals surface area contributed by atoms with Crippen molar-refractivity contribution < 1.29 is 23.0 Å². The predicted octanol–water partition coefficient (Wildman–Crippen LogP) is 2.56. The topological polar surface area (TPSA) is 29.5 Å².